The first-order valence-corrected chi connectivity index (χ1v) is 32.7. The van der Waals surface area contributed by atoms with Crippen LogP contribution in [0.4, 0.5) is 0 Å². The molecule has 0 amide bonds. The van der Waals surface area contributed by atoms with Crippen LogP contribution in [0.2, 0.25) is 0 Å². The lowest BCUT2D eigenvalue weighted by Gasteiger charge is -2.18. The van der Waals surface area contributed by atoms with Gasteiger partial charge in [0, 0.05) is 19.3 Å². The van der Waals surface area contributed by atoms with Crippen molar-refractivity contribution >= 4 is 17.9 Å². The van der Waals surface area contributed by atoms with Crippen LogP contribution in [-0.2, 0) is 28.6 Å². The Morgan fingerprint density at radius 3 is 0.694 bits per heavy atom. The summed E-state index contributed by atoms with van der Waals surface area (Å²) in [6, 6.07) is 0. The van der Waals surface area contributed by atoms with Crippen molar-refractivity contribution in [3.63, 3.8) is 0 Å². The summed E-state index contributed by atoms with van der Waals surface area (Å²) in [5.74, 6) is -0.870. The van der Waals surface area contributed by atoms with E-state index in [0.29, 0.717) is 19.3 Å². The van der Waals surface area contributed by atoms with Crippen molar-refractivity contribution in [1.82, 2.24) is 0 Å². The Balaban J connectivity index is 3.83. The molecule has 426 valence electrons. The number of hydrogen-bond acceptors (Lipinski definition) is 6. The zero-order valence-electron chi connectivity index (χ0n) is 49.0. The summed E-state index contributed by atoms with van der Waals surface area (Å²) in [6.45, 7) is 6.60. The van der Waals surface area contributed by atoms with E-state index in [-0.39, 0.29) is 31.1 Å². The summed E-state index contributed by atoms with van der Waals surface area (Å²) < 4.78 is 16.7. The molecule has 0 aromatic carbocycles. The van der Waals surface area contributed by atoms with Crippen LogP contribution < -0.4 is 0 Å². The molecular formula is C66H126O6. The van der Waals surface area contributed by atoms with Gasteiger partial charge in [-0.15, -0.1) is 0 Å². The molecule has 0 aromatic heterocycles. The lowest BCUT2D eigenvalue weighted by molar-refractivity contribution is -0.167. The maximum Gasteiger partial charge on any atom is 0.306 e. The van der Waals surface area contributed by atoms with Gasteiger partial charge in [-0.05, 0) is 44.9 Å². The van der Waals surface area contributed by atoms with Crippen molar-refractivity contribution in [1.29, 1.82) is 0 Å². The van der Waals surface area contributed by atoms with Crippen molar-refractivity contribution in [2.45, 2.75) is 380 Å². The molecule has 0 aliphatic carbocycles. The van der Waals surface area contributed by atoms with Crippen molar-refractivity contribution in [3.8, 4) is 0 Å². The first-order valence-electron chi connectivity index (χ1n) is 32.7. The maximum absolute atomic E-state index is 12.8. The van der Waals surface area contributed by atoms with E-state index >= 15 is 0 Å². The fourth-order valence-corrected chi connectivity index (χ4v) is 10.1. The van der Waals surface area contributed by atoms with Gasteiger partial charge in [-0.2, -0.15) is 0 Å². The van der Waals surface area contributed by atoms with Crippen LogP contribution in [0, 0.1) is 0 Å². The summed E-state index contributed by atoms with van der Waals surface area (Å²) in [5.41, 5.74) is 0. The molecule has 72 heavy (non-hydrogen) atoms. The van der Waals surface area contributed by atoms with E-state index in [1.165, 1.54) is 263 Å². The standard InChI is InChI=1S/C66H126O6/c1-4-7-10-13-15-17-19-21-23-24-25-26-27-28-29-30-31-32-33-34-35-36-37-38-39-40-41-43-44-46-48-50-53-56-59-65(68)71-62-63(61-70-64(67)58-55-52-12-9-6-3)72-66(69)60-57-54-51-49-47-45-42-22-20-18-16-14-11-8-5-2/h22,42,63H,4-21,23-41,43-62H2,1-3H3/b42-22-. The topological polar surface area (TPSA) is 78.9 Å². The number of unbranched alkanes of at least 4 members (excludes halogenated alkanes) is 48. The van der Waals surface area contributed by atoms with Gasteiger partial charge in [-0.1, -0.05) is 322 Å². The van der Waals surface area contributed by atoms with Crippen LogP contribution in [0.5, 0.6) is 0 Å². The van der Waals surface area contributed by atoms with Gasteiger partial charge in [0.1, 0.15) is 13.2 Å². The van der Waals surface area contributed by atoms with E-state index in [4.69, 9.17) is 14.2 Å². The Kier molecular flexibility index (Phi) is 60.1. The minimum Gasteiger partial charge on any atom is -0.462 e. The molecule has 0 aliphatic rings. The third-order valence-corrected chi connectivity index (χ3v) is 15.0. The molecule has 1 unspecified atom stereocenters. The van der Waals surface area contributed by atoms with E-state index in [0.717, 1.165) is 70.6 Å². The molecule has 0 bridgehead atoms. The van der Waals surface area contributed by atoms with Crippen LogP contribution in [-0.4, -0.2) is 37.2 Å². The van der Waals surface area contributed by atoms with Crippen LogP contribution >= 0.6 is 0 Å². The molecular weight excluding hydrogens is 889 g/mol. The van der Waals surface area contributed by atoms with Crippen molar-refractivity contribution in [2.24, 2.45) is 0 Å². The largest absolute Gasteiger partial charge is 0.462 e. The van der Waals surface area contributed by atoms with E-state index < -0.39 is 6.10 Å². The molecule has 0 fully saturated rings. The Hall–Kier alpha value is -1.85. The zero-order chi connectivity index (χ0) is 52.2. The van der Waals surface area contributed by atoms with Crippen LogP contribution in [0.1, 0.15) is 374 Å². The molecule has 6 nitrogen and oxygen atoms in total. The van der Waals surface area contributed by atoms with Gasteiger partial charge in [-0.25, -0.2) is 0 Å². The molecule has 0 heterocycles. The van der Waals surface area contributed by atoms with Crippen LogP contribution in [0.25, 0.3) is 0 Å². The van der Waals surface area contributed by atoms with Gasteiger partial charge in [-0.3, -0.25) is 14.4 Å². The molecule has 0 saturated heterocycles. The molecule has 0 spiro atoms. The summed E-state index contributed by atoms with van der Waals surface area (Å²) >= 11 is 0. The highest BCUT2D eigenvalue weighted by molar-refractivity contribution is 5.71. The summed E-state index contributed by atoms with van der Waals surface area (Å²) in [5, 5.41) is 0. The quantitative estimate of drug-likeness (QED) is 0.0261. The monoisotopic (exact) mass is 1010 g/mol. The first-order chi connectivity index (χ1) is 35.5. The van der Waals surface area contributed by atoms with Crippen molar-refractivity contribution in [2.75, 3.05) is 13.2 Å². The van der Waals surface area contributed by atoms with Crippen molar-refractivity contribution < 1.29 is 28.6 Å². The second-order valence-corrected chi connectivity index (χ2v) is 22.4. The predicted octanol–water partition coefficient (Wildman–Crippen LogP) is 22.1. The average molecular weight is 1020 g/mol. The van der Waals surface area contributed by atoms with Gasteiger partial charge in [0.25, 0.3) is 0 Å². The minimum atomic E-state index is -0.767. The fraction of sp³-hybridized carbons (Fsp3) is 0.924. The Labute approximate surface area is 450 Å². The third kappa shape index (κ3) is 59.0. The smallest absolute Gasteiger partial charge is 0.306 e. The maximum atomic E-state index is 12.8. The normalized spacial score (nSPS) is 12.0. The summed E-state index contributed by atoms with van der Waals surface area (Å²) in [6.07, 6.45) is 73.1. The molecule has 0 aliphatic heterocycles. The molecule has 0 radical (unpaired) electrons. The SMILES string of the molecule is CCCCCCCC/C=C\CCCCCCCC(=O)OC(COC(=O)CCCCCCC)COC(=O)CCCCCCCCCCCCCCCCCCCCCCCCCCCCCCCCCCCC. The summed E-state index contributed by atoms with van der Waals surface area (Å²) in [4.78, 5) is 37.8. The van der Waals surface area contributed by atoms with Gasteiger partial charge in [0.15, 0.2) is 6.10 Å². The Morgan fingerprint density at radius 2 is 0.458 bits per heavy atom. The third-order valence-electron chi connectivity index (χ3n) is 15.0. The highest BCUT2D eigenvalue weighted by atomic mass is 16.6. The highest BCUT2D eigenvalue weighted by Gasteiger charge is 2.19. The Morgan fingerprint density at radius 1 is 0.264 bits per heavy atom. The second kappa shape index (κ2) is 61.7. The number of carbonyl (C=O) groups is 3. The fourth-order valence-electron chi connectivity index (χ4n) is 10.1. The average Bonchev–Trinajstić information content (AvgIpc) is 3.38. The molecule has 0 N–H and O–H groups in total. The second-order valence-electron chi connectivity index (χ2n) is 22.4. The van der Waals surface area contributed by atoms with E-state index in [9.17, 15) is 14.4 Å². The van der Waals surface area contributed by atoms with Crippen LogP contribution in [0.3, 0.4) is 0 Å². The van der Waals surface area contributed by atoms with E-state index in [1.54, 1.807) is 0 Å². The van der Waals surface area contributed by atoms with Gasteiger partial charge < -0.3 is 14.2 Å². The number of rotatable bonds is 61. The minimum absolute atomic E-state index is 0.0691. The molecule has 1 atom stereocenters. The van der Waals surface area contributed by atoms with Crippen LogP contribution in [0.15, 0.2) is 12.2 Å². The van der Waals surface area contributed by atoms with E-state index in [2.05, 4.69) is 32.9 Å². The van der Waals surface area contributed by atoms with E-state index in [1.807, 2.05) is 0 Å². The number of allylic oxidation sites excluding steroid dienone is 2. The van der Waals surface area contributed by atoms with Crippen molar-refractivity contribution in [3.05, 3.63) is 12.2 Å². The lowest BCUT2D eigenvalue weighted by Crippen LogP contribution is -2.30. The molecule has 0 rings (SSSR count). The highest BCUT2D eigenvalue weighted by Crippen LogP contribution is 2.18. The molecule has 0 saturated carbocycles. The molecule has 0 aromatic rings. The zero-order valence-corrected chi connectivity index (χ0v) is 49.0. The summed E-state index contributed by atoms with van der Waals surface area (Å²) in [7, 11) is 0. The van der Waals surface area contributed by atoms with Gasteiger partial charge in [0.2, 0.25) is 0 Å². The predicted molar refractivity (Wildman–Crippen MR) is 312 cm³/mol. The van der Waals surface area contributed by atoms with Gasteiger partial charge in [0.05, 0.1) is 0 Å². The Bertz CT molecular complexity index is 1120. The number of hydrogen-bond donors (Lipinski definition) is 0. The molecule has 6 heteroatoms. The lowest BCUT2D eigenvalue weighted by atomic mass is 10.0. The number of esters is 3. The number of carbonyl (C=O) groups excluding carboxylic acids is 3. The first kappa shape index (κ1) is 70.1. The van der Waals surface area contributed by atoms with Gasteiger partial charge >= 0.3 is 17.9 Å². The number of ether oxygens (including phenoxy) is 3.